The number of hydrogen-bond acceptors (Lipinski definition) is 8. The zero-order valence-corrected chi connectivity index (χ0v) is 15.6. The first-order chi connectivity index (χ1) is 12.6. The zero-order valence-electron chi connectivity index (χ0n) is 14.8. The number of nitrogens with one attached hydrogen (secondary N) is 1. The molecule has 1 amide bonds. The molecule has 3 rings (SSSR count). The number of ether oxygens (including phenoxy) is 1. The monoisotopic (exact) mass is 375 g/mol. The van der Waals surface area contributed by atoms with Crippen LogP contribution in [-0.2, 0) is 9.53 Å². The van der Waals surface area contributed by atoms with Gasteiger partial charge in [-0.15, -0.1) is 0 Å². The van der Waals surface area contributed by atoms with E-state index in [2.05, 4.69) is 25.4 Å². The molecule has 0 saturated carbocycles. The van der Waals surface area contributed by atoms with Crippen LogP contribution in [0.1, 0.15) is 17.1 Å². The van der Waals surface area contributed by atoms with Crippen molar-refractivity contribution in [2.75, 3.05) is 37.0 Å². The maximum atomic E-state index is 11.9. The van der Waals surface area contributed by atoms with Crippen LogP contribution in [0.15, 0.2) is 32.9 Å². The van der Waals surface area contributed by atoms with E-state index in [4.69, 9.17) is 9.15 Å². The Labute approximate surface area is 156 Å². The number of furan rings is 1. The Morgan fingerprint density at radius 1 is 1.31 bits per heavy atom. The van der Waals surface area contributed by atoms with E-state index < -0.39 is 0 Å². The number of morpholine rings is 1. The molecule has 0 radical (unpaired) electrons. The molecule has 0 spiro atoms. The van der Waals surface area contributed by atoms with Gasteiger partial charge < -0.3 is 14.1 Å². The van der Waals surface area contributed by atoms with Crippen LogP contribution in [0.4, 0.5) is 5.88 Å². The average Bonchev–Trinajstić information content (AvgIpc) is 3.09. The predicted octanol–water partition coefficient (Wildman–Crippen LogP) is 1.77. The smallest absolute Gasteiger partial charge is 0.250 e. The van der Waals surface area contributed by atoms with Crippen LogP contribution >= 0.6 is 11.8 Å². The fourth-order valence-electron chi connectivity index (χ4n) is 2.45. The second-order valence-corrected chi connectivity index (χ2v) is 6.73. The van der Waals surface area contributed by atoms with Gasteiger partial charge in [-0.2, -0.15) is 5.10 Å². The lowest BCUT2D eigenvalue weighted by molar-refractivity contribution is -0.118. The lowest BCUT2D eigenvalue weighted by Crippen LogP contribution is -2.35. The van der Waals surface area contributed by atoms with Crippen LogP contribution in [0.2, 0.25) is 0 Å². The van der Waals surface area contributed by atoms with Gasteiger partial charge in [-0.05, 0) is 26.0 Å². The molecule has 1 saturated heterocycles. The van der Waals surface area contributed by atoms with Crippen molar-refractivity contribution in [2.24, 2.45) is 5.10 Å². The first-order valence-electron chi connectivity index (χ1n) is 8.30. The molecule has 3 heterocycles. The van der Waals surface area contributed by atoms with E-state index in [1.54, 1.807) is 0 Å². The molecule has 0 atom stereocenters. The first kappa shape index (κ1) is 18.4. The lowest BCUT2D eigenvalue weighted by Gasteiger charge is -2.26. The van der Waals surface area contributed by atoms with E-state index in [9.17, 15) is 4.79 Å². The molecule has 138 valence electrons. The fourth-order valence-corrected chi connectivity index (χ4v) is 3.20. The minimum Gasteiger partial charge on any atom is -0.440 e. The number of anilines is 1. The van der Waals surface area contributed by atoms with Crippen molar-refractivity contribution in [1.29, 1.82) is 0 Å². The van der Waals surface area contributed by atoms with Crippen molar-refractivity contribution in [2.45, 2.75) is 19.0 Å². The summed E-state index contributed by atoms with van der Waals surface area (Å²) in [6.45, 7) is 6.80. The molecule has 1 N–H and O–H groups in total. The Kier molecular flexibility index (Phi) is 6.24. The van der Waals surface area contributed by atoms with Crippen LogP contribution in [0.5, 0.6) is 0 Å². The summed E-state index contributed by atoms with van der Waals surface area (Å²) >= 11 is 1.28. The molecule has 1 fully saturated rings. The molecule has 0 bridgehead atoms. The van der Waals surface area contributed by atoms with Crippen molar-refractivity contribution >= 4 is 29.8 Å². The van der Waals surface area contributed by atoms with Gasteiger partial charge in [-0.1, -0.05) is 11.8 Å². The number of amides is 1. The molecule has 8 nitrogen and oxygen atoms in total. The Balaban J connectivity index is 1.46. The number of hydrazone groups is 1. The predicted molar refractivity (Wildman–Crippen MR) is 99.7 cm³/mol. The Morgan fingerprint density at radius 2 is 2.04 bits per heavy atom. The number of carbonyl (C=O) groups excluding carboxylic acids is 1. The standard InChI is InChI=1S/C17H21N5O3S/c1-12-9-13(2)20-17(19-12)26-11-15(23)21-18-10-14-3-4-16(25-14)22-5-7-24-8-6-22/h3-4,9-10H,5-8,11H2,1-2H3,(H,21,23)/b18-10+. The van der Waals surface area contributed by atoms with Crippen molar-refractivity contribution in [3.05, 3.63) is 35.3 Å². The number of carbonyl (C=O) groups is 1. The number of hydrogen-bond donors (Lipinski definition) is 1. The summed E-state index contributed by atoms with van der Waals surface area (Å²) in [5, 5.41) is 4.52. The van der Waals surface area contributed by atoms with Gasteiger partial charge in [0.25, 0.3) is 5.91 Å². The van der Waals surface area contributed by atoms with Gasteiger partial charge in [0.15, 0.2) is 11.0 Å². The van der Waals surface area contributed by atoms with Crippen LogP contribution < -0.4 is 10.3 Å². The van der Waals surface area contributed by atoms with Gasteiger partial charge in [-0.3, -0.25) is 4.79 Å². The number of nitrogens with zero attached hydrogens (tertiary/aromatic N) is 4. The maximum absolute atomic E-state index is 11.9. The van der Waals surface area contributed by atoms with Gasteiger partial charge in [0.05, 0.1) is 25.2 Å². The highest BCUT2D eigenvalue weighted by molar-refractivity contribution is 7.99. The van der Waals surface area contributed by atoms with Gasteiger partial charge in [-0.25, -0.2) is 15.4 Å². The maximum Gasteiger partial charge on any atom is 0.250 e. The number of aromatic nitrogens is 2. The molecule has 0 unspecified atom stereocenters. The zero-order chi connectivity index (χ0) is 18.4. The van der Waals surface area contributed by atoms with Gasteiger partial charge in [0, 0.05) is 30.5 Å². The number of aryl methyl sites for hydroxylation is 2. The number of thioether (sulfide) groups is 1. The van der Waals surface area contributed by atoms with Crippen molar-refractivity contribution in [1.82, 2.24) is 15.4 Å². The highest BCUT2D eigenvalue weighted by atomic mass is 32.2. The molecule has 26 heavy (non-hydrogen) atoms. The van der Waals surface area contributed by atoms with Gasteiger partial charge >= 0.3 is 0 Å². The Morgan fingerprint density at radius 3 is 2.77 bits per heavy atom. The summed E-state index contributed by atoms with van der Waals surface area (Å²) in [7, 11) is 0. The Bertz CT molecular complexity index is 766. The van der Waals surface area contributed by atoms with E-state index in [0.717, 1.165) is 30.4 Å². The lowest BCUT2D eigenvalue weighted by atomic mass is 10.4. The van der Waals surface area contributed by atoms with Crippen LogP contribution in [0, 0.1) is 13.8 Å². The van der Waals surface area contributed by atoms with Crippen molar-refractivity contribution in [3.8, 4) is 0 Å². The second kappa shape index (κ2) is 8.81. The molecule has 9 heteroatoms. The highest BCUT2D eigenvalue weighted by Crippen LogP contribution is 2.18. The molecule has 0 aliphatic carbocycles. The van der Waals surface area contributed by atoms with E-state index in [1.807, 2.05) is 32.0 Å². The van der Waals surface area contributed by atoms with E-state index >= 15 is 0 Å². The fraction of sp³-hybridized carbons (Fsp3) is 0.412. The summed E-state index contributed by atoms with van der Waals surface area (Å²) in [6, 6.07) is 5.60. The summed E-state index contributed by atoms with van der Waals surface area (Å²) in [5.41, 5.74) is 4.24. The van der Waals surface area contributed by atoms with Crippen LogP contribution in [0.25, 0.3) is 0 Å². The van der Waals surface area contributed by atoms with Gasteiger partial charge in [0.2, 0.25) is 0 Å². The average molecular weight is 375 g/mol. The first-order valence-corrected chi connectivity index (χ1v) is 9.28. The third-order valence-corrected chi connectivity index (χ3v) is 4.46. The molecular formula is C17H21N5O3S. The summed E-state index contributed by atoms with van der Waals surface area (Å²) in [4.78, 5) is 22.6. The third kappa shape index (κ3) is 5.30. The number of rotatable bonds is 6. The molecule has 1 aliphatic heterocycles. The molecule has 0 aromatic carbocycles. The third-order valence-electron chi connectivity index (χ3n) is 3.61. The quantitative estimate of drug-likeness (QED) is 0.356. The Hall–Kier alpha value is -2.39. The molecule has 1 aliphatic rings. The molecule has 2 aromatic heterocycles. The van der Waals surface area contributed by atoms with Crippen molar-refractivity contribution in [3.63, 3.8) is 0 Å². The molecular weight excluding hydrogens is 354 g/mol. The van der Waals surface area contributed by atoms with E-state index in [-0.39, 0.29) is 11.7 Å². The topological polar surface area (TPSA) is 92.9 Å². The second-order valence-electron chi connectivity index (χ2n) is 5.79. The summed E-state index contributed by atoms with van der Waals surface area (Å²) in [6.07, 6.45) is 1.49. The normalized spacial score (nSPS) is 14.8. The SMILES string of the molecule is Cc1cc(C)nc(SCC(=O)N/N=C/c2ccc(N3CCOCC3)o2)n1. The van der Waals surface area contributed by atoms with E-state index in [1.165, 1.54) is 18.0 Å². The van der Waals surface area contributed by atoms with Crippen molar-refractivity contribution < 1.29 is 13.9 Å². The van der Waals surface area contributed by atoms with Crippen LogP contribution in [-0.4, -0.2) is 54.1 Å². The van der Waals surface area contributed by atoms with Crippen LogP contribution in [0.3, 0.4) is 0 Å². The largest absolute Gasteiger partial charge is 0.440 e. The summed E-state index contributed by atoms with van der Waals surface area (Å²) in [5.74, 6) is 1.33. The molecule has 2 aromatic rings. The highest BCUT2D eigenvalue weighted by Gasteiger charge is 2.14. The van der Waals surface area contributed by atoms with Gasteiger partial charge in [0.1, 0.15) is 5.76 Å². The minimum atomic E-state index is -0.228. The minimum absolute atomic E-state index is 0.192. The summed E-state index contributed by atoms with van der Waals surface area (Å²) < 4.78 is 11.0. The van der Waals surface area contributed by atoms with E-state index in [0.29, 0.717) is 24.1 Å².